The van der Waals surface area contributed by atoms with Crippen LogP contribution in [0.25, 0.3) is 22.0 Å². The average Bonchev–Trinajstić information content (AvgIpc) is 3.51. The molecule has 234 valence electrons. The number of para-hydroxylation sites is 1. The number of aliphatic hydroxyl groups is 1. The summed E-state index contributed by atoms with van der Waals surface area (Å²) in [7, 11) is -1.09. The number of pyridine rings is 1. The Balaban J connectivity index is 1.38. The number of ether oxygens (including phenoxy) is 2. The van der Waals surface area contributed by atoms with Gasteiger partial charge in [0.2, 0.25) is 5.95 Å². The predicted molar refractivity (Wildman–Crippen MR) is 181 cm³/mol. The number of morpholine rings is 1. The smallest absolute Gasteiger partial charge is 0.229 e. The van der Waals surface area contributed by atoms with Crippen LogP contribution in [0.2, 0.25) is 0 Å². The van der Waals surface area contributed by atoms with Crippen molar-refractivity contribution in [1.29, 1.82) is 0 Å². The molecule has 0 bridgehead atoms. The van der Waals surface area contributed by atoms with Crippen molar-refractivity contribution >= 4 is 68.1 Å². The molecule has 1 aliphatic heterocycles. The molecule has 4 heterocycles. The van der Waals surface area contributed by atoms with Crippen LogP contribution in [0.5, 0.6) is 5.75 Å². The summed E-state index contributed by atoms with van der Waals surface area (Å²) < 4.78 is 27.2. The topological polar surface area (TPSA) is 140 Å². The number of aliphatic hydroxyl groups excluding tert-OH is 1. The number of methoxy groups -OCH3 is 1. The highest BCUT2D eigenvalue weighted by molar-refractivity contribution is 9.10. The Morgan fingerprint density at radius 2 is 1.87 bits per heavy atom. The first kappa shape index (κ1) is 31.0. The molecule has 45 heavy (non-hydrogen) atoms. The van der Waals surface area contributed by atoms with Crippen LogP contribution >= 0.6 is 23.1 Å². The fraction of sp³-hybridized carbons (Fsp3) is 0.290. The van der Waals surface area contributed by atoms with Crippen LogP contribution in [0.15, 0.2) is 65.7 Å². The van der Waals surface area contributed by atoms with Crippen molar-refractivity contribution in [3.05, 3.63) is 65.7 Å². The summed E-state index contributed by atoms with van der Waals surface area (Å²) in [5, 5.41) is 22.1. The van der Waals surface area contributed by atoms with Crippen LogP contribution in [0.4, 0.5) is 28.8 Å². The van der Waals surface area contributed by atoms with Gasteiger partial charge in [-0.2, -0.15) is 10.1 Å². The van der Waals surface area contributed by atoms with Crippen LogP contribution in [0.3, 0.4) is 0 Å². The largest absolute Gasteiger partial charge is 0.494 e. The van der Waals surface area contributed by atoms with Crippen molar-refractivity contribution in [3.63, 3.8) is 0 Å². The van der Waals surface area contributed by atoms with E-state index in [4.69, 9.17) is 14.5 Å². The molecule has 14 heteroatoms. The fourth-order valence-electron chi connectivity index (χ4n) is 5.42. The maximum atomic E-state index is 13.5. The summed E-state index contributed by atoms with van der Waals surface area (Å²) in [6, 6.07) is 11.7. The van der Waals surface area contributed by atoms with Crippen molar-refractivity contribution < 1.29 is 19.1 Å². The molecule has 6 rings (SSSR count). The Hall–Kier alpha value is -4.03. The van der Waals surface area contributed by atoms with Crippen molar-refractivity contribution in [1.82, 2.24) is 24.7 Å². The normalized spacial score (nSPS) is 13.7. The van der Waals surface area contributed by atoms with Gasteiger partial charge in [0.1, 0.15) is 18.7 Å². The molecular formula is C31H34BrN8O4P. The van der Waals surface area contributed by atoms with Gasteiger partial charge < -0.3 is 34.7 Å². The van der Waals surface area contributed by atoms with Gasteiger partial charge in [0.15, 0.2) is 0 Å². The third kappa shape index (κ3) is 6.67. The van der Waals surface area contributed by atoms with E-state index in [9.17, 15) is 9.67 Å². The van der Waals surface area contributed by atoms with Crippen LogP contribution in [-0.4, -0.2) is 83.2 Å². The zero-order valence-electron chi connectivity index (χ0n) is 25.2. The SMILES string of the molecule is COc1cc(N2CCOCC2)c(-c2cnn(CCO)c2)cc1Nc1ncc(Br)c(Nc2cnc3ccccc3c2P(C)(C)=O)n1. The lowest BCUT2D eigenvalue weighted by molar-refractivity contribution is 0.122. The van der Waals surface area contributed by atoms with E-state index >= 15 is 0 Å². The summed E-state index contributed by atoms with van der Waals surface area (Å²) in [4.78, 5) is 16.1. The van der Waals surface area contributed by atoms with E-state index in [-0.39, 0.29) is 6.61 Å². The van der Waals surface area contributed by atoms with Gasteiger partial charge in [0.05, 0.1) is 67.2 Å². The van der Waals surface area contributed by atoms with E-state index in [1.165, 1.54) is 0 Å². The summed E-state index contributed by atoms with van der Waals surface area (Å²) in [5.74, 6) is 1.42. The number of anilines is 5. The first-order chi connectivity index (χ1) is 21.7. The van der Waals surface area contributed by atoms with E-state index in [1.807, 2.05) is 42.6 Å². The maximum Gasteiger partial charge on any atom is 0.229 e. The minimum Gasteiger partial charge on any atom is -0.494 e. The highest BCUT2D eigenvalue weighted by Crippen LogP contribution is 2.43. The summed E-state index contributed by atoms with van der Waals surface area (Å²) in [6.45, 7) is 6.65. The van der Waals surface area contributed by atoms with E-state index < -0.39 is 7.14 Å². The van der Waals surface area contributed by atoms with Crippen LogP contribution in [0, 0.1) is 0 Å². The molecule has 0 amide bonds. The molecule has 1 fully saturated rings. The molecule has 5 aromatic rings. The lowest BCUT2D eigenvalue weighted by Gasteiger charge is -2.31. The minimum atomic E-state index is -2.71. The van der Waals surface area contributed by atoms with Crippen LogP contribution in [0.1, 0.15) is 0 Å². The Labute approximate surface area is 269 Å². The van der Waals surface area contributed by atoms with Crippen molar-refractivity contribution in [3.8, 4) is 16.9 Å². The number of hydrogen-bond donors (Lipinski definition) is 3. The molecule has 0 saturated carbocycles. The highest BCUT2D eigenvalue weighted by Gasteiger charge is 2.23. The van der Waals surface area contributed by atoms with Gasteiger partial charge in [0, 0.05) is 59.1 Å². The maximum absolute atomic E-state index is 13.5. The fourth-order valence-corrected chi connectivity index (χ4v) is 7.17. The molecule has 3 N–H and O–H groups in total. The number of hydrogen-bond acceptors (Lipinski definition) is 11. The second-order valence-electron chi connectivity index (χ2n) is 10.9. The quantitative estimate of drug-likeness (QED) is 0.166. The van der Waals surface area contributed by atoms with Gasteiger partial charge in [-0.3, -0.25) is 9.67 Å². The molecule has 0 unspecified atom stereocenters. The summed E-state index contributed by atoms with van der Waals surface area (Å²) in [6.07, 6.45) is 7.05. The van der Waals surface area contributed by atoms with Gasteiger partial charge >= 0.3 is 0 Å². The Kier molecular flexibility index (Phi) is 9.04. The van der Waals surface area contributed by atoms with E-state index in [2.05, 4.69) is 46.5 Å². The van der Waals surface area contributed by atoms with E-state index in [0.717, 1.165) is 40.8 Å². The van der Waals surface area contributed by atoms with E-state index in [0.29, 0.717) is 58.4 Å². The predicted octanol–water partition coefficient (Wildman–Crippen LogP) is 5.22. The molecular weight excluding hydrogens is 659 g/mol. The molecule has 3 aromatic heterocycles. The number of nitrogens with one attached hydrogen (secondary N) is 2. The standard InChI is InChI=1S/C31H34BrN8O4P/c1-43-28-15-27(39-9-12-44-13-10-39)22(20-16-35-40(19-20)8-11-41)14-25(28)37-31-34-17-23(32)30(38-31)36-26-18-33-24-7-5-4-6-21(24)29(26)45(2,3)42/h4-7,14-19,41H,8-13H2,1-3H3,(H2,34,36,37,38). The van der Waals surface area contributed by atoms with Crippen molar-refractivity contribution in [2.45, 2.75) is 6.54 Å². The summed E-state index contributed by atoms with van der Waals surface area (Å²) in [5.41, 5.74) is 4.87. The second kappa shape index (κ2) is 13.1. The molecule has 0 radical (unpaired) electrons. The Morgan fingerprint density at radius 1 is 1.07 bits per heavy atom. The molecule has 1 aliphatic rings. The molecule has 12 nitrogen and oxygen atoms in total. The number of fused-ring (bicyclic) bond motifs is 1. The summed E-state index contributed by atoms with van der Waals surface area (Å²) >= 11 is 3.56. The molecule has 0 atom stereocenters. The number of rotatable bonds is 10. The van der Waals surface area contributed by atoms with Crippen molar-refractivity contribution in [2.75, 3.05) is 68.9 Å². The zero-order chi connectivity index (χ0) is 31.6. The monoisotopic (exact) mass is 692 g/mol. The van der Waals surface area contributed by atoms with Crippen LogP contribution in [-0.2, 0) is 15.8 Å². The first-order valence-corrected chi connectivity index (χ1v) is 17.8. The zero-order valence-corrected chi connectivity index (χ0v) is 27.7. The number of benzene rings is 2. The third-order valence-electron chi connectivity index (χ3n) is 7.47. The first-order valence-electron chi connectivity index (χ1n) is 14.4. The molecule has 2 aromatic carbocycles. The van der Waals surface area contributed by atoms with Gasteiger partial charge in [0.25, 0.3) is 0 Å². The van der Waals surface area contributed by atoms with Gasteiger partial charge in [-0.05, 0) is 41.4 Å². The minimum absolute atomic E-state index is 0.00500. The van der Waals surface area contributed by atoms with E-state index in [1.54, 1.807) is 43.7 Å². The van der Waals surface area contributed by atoms with Gasteiger partial charge in [-0.15, -0.1) is 0 Å². The van der Waals surface area contributed by atoms with Gasteiger partial charge in [-0.1, -0.05) is 18.2 Å². The van der Waals surface area contributed by atoms with Crippen molar-refractivity contribution in [2.24, 2.45) is 0 Å². The number of aromatic nitrogens is 5. The molecule has 0 spiro atoms. The Bertz CT molecular complexity index is 1890. The van der Waals surface area contributed by atoms with Crippen LogP contribution < -0.4 is 25.6 Å². The lowest BCUT2D eigenvalue weighted by Crippen LogP contribution is -2.36. The average molecular weight is 694 g/mol. The lowest BCUT2D eigenvalue weighted by atomic mass is 10.0. The highest BCUT2D eigenvalue weighted by atomic mass is 79.9. The molecule has 0 aliphatic carbocycles. The van der Waals surface area contributed by atoms with Gasteiger partial charge in [-0.25, -0.2) is 4.98 Å². The Morgan fingerprint density at radius 3 is 2.62 bits per heavy atom. The third-order valence-corrected chi connectivity index (χ3v) is 9.61. The second-order valence-corrected chi connectivity index (χ2v) is 14.9. The molecule has 1 saturated heterocycles. The number of halogens is 1. The number of nitrogens with zero attached hydrogens (tertiary/aromatic N) is 6.